The van der Waals surface area contributed by atoms with Gasteiger partial charge in [-0.25, -0.2) is 0 Å². The van der Waals surface area contributed by atoms with Gasteiger partial charge in [0.2, 0.25) is 0 Å². The van der Waals surface area contributed by atoms with Crippen LogP contribution < -0.4 is 0 Å². The molecule has 0 saturated carbocycles. The van der Waals surface area contributed by atoms with Gasteiger partial charge in [-0.2, -0.15) is 0 Å². The summed E-state index contributed by atoms with van der Waals surface area (Å²) in [4.78, 5) is 3.22. The van der Waals surface area contributed by atoms with E-state index in [4.69, 9.17) is 18.0 Å². The largest absolute Gasteiger partial charge is 0.358 e. The monoisotopic (exact) mass is 189 g/mol. The number of aromatic amines is 1. The zero-order valence-corrected chi connectivity index (χ0v) is 7.73. The molecular formula is C11H8ClN. The maximum absolute atomic E-state index is 5.85. The Labute approximate surface area is 81.7 Å². The molecule has 2 aromatic rings. The molecule has 0 aliphatic rings. The van der Waals surface area contributed by atoms with Crippen molar-refractivity contribution < 1.29 is 0 Å². The lowest BCUT2D eigenvalue weighted by Crippen LogP contribution is -1.77. The fourth-order valence-corrected chi connectivity index (χ4v) is 1.55. The first kappa shape index (κ1) is 8.22. The number of halogens is 1. The molecule has 1 aromatic carbocycles. The fraction of sp³-hybridized carbons (Fsp3) is 0.0909. The Morgan fingerprint density at radius 3 is 3.00 bits per heavy atom. The van der Waals surface area contributed by atoms with Crippen LogP contribution in [-0.4, -0.2) is 4.98 Å². The first-order chi connectivity index (χ1) is 6.29. The Bertz CT molecular complexity index is 476. The number of rotatable bonds is 1. The van der Waals surface area contributed by atoms with Crippen LogP contribution in [0.5, 0.6) is 0 Å². The Hall–Kier alpha value is -1.39. The van der Waals surface area contributed by atoms with E-state index in [-0.39, 0.29) is 0 Å². The van der Waals surface area contributed by atoms with Crippen LogP contribution in [0.4, 0.5) is 0 Å². The summed E-state index contributed by atoms with van der Waals surface area (Å²) in [6.45, 7) is 0. The molecule has 2 rings (SSSR count). The molecule has 1 nitrogen and oxygen atoms in total. The zero-order chi connectivity index (χ0) is 9.26. The summed E-state index contributed by atoms with van der Waals surface area (Å²) < 4.78 is 0. The summed E-state index contributed by atoms with van der Waals surface area (Å²) >= 11 is 5.85. The van der Waals surface area contributed by atoms with Crippen molar-refractivity contribution in [3.63, 3.8) is 0 Å². The molecule has 0 atom stereocenters. The normalized spacial score (nSPS) is 10.2. The van der Waals surface area contributed by atoms with Crippen LogP contribution >= 0.6 is 11.6 Å². The van der Waals surface area contributed by atoms with E-state index in [1.807, 2.05) is 24.3 Å². The quantitative estimate of drug-likeness (QED) is 0.664. The highest BCUT2D eigenvalue weighted by Crippen LogP contribution is 2.19. The van der Waals surface area contributed by atoms with Crippen LogP contribution in [0.15, 0.2) is 24.3 Å². The summed E-state index contributed by atoms with van der Waals surface area (Å²) in [7, 11) is 0. The van der Waals surface area contributed by atoms with Gasteiger partial charge in [0.05, 0.1) is 0 Å². The van der Waals surface area contributed by atoms with E-state index in [1.54, 1.807) is 0 Å². The average Bonchev–Trinajstić information content (AvgIpc) is 2.46. The number of hydrogen-bond donors (Lipinski definition) is 1. The minimum atomic E-state index is 0.631. The molecular weight excluding hydrogens is 182 g/mol. The molecule has 1 heterocycles. The molecule has 2 heteroatoms. The van der Waals surface area contributed by atoms with E-state index in [0.29, 0.717) is 6.42 Å². The highest BCUT2D eigenvalue weighted by Gasteiger charge is 1.99. The van der Waals surface area contributed by atoms with Gasteiger partial charge in [0.1, 0.15) is 0 Å². The third-order valence-corrected chi connectivity index (χ3v) is 2.17. The fourth-order valence-electron chi connectivity index (χ4n) is 1.37. The van der Waals surface area contributed by atoms with Crippen LogP contribution in [0.25, 0.3) is 10.9 Å². The molecule has 0 spiro atoms. The maximum Gasteiger partial charge on any atom is 0.0489 e. The Morgan fingerprint density at radius 1 is 1.38 bits per heavy atom. The summed E-state index contributed by atoms with van der Waals surface area (Å²) in [5.74, 6) is 2.60. The van der Waals surface area contributed by atoms with Crippen molar-refractivity contribution >= 4 is 22.5 Å². The van der Waals surface area contributed by atoms with E-state index in [9.17, 15) is 0 Å². The molecule has 0 aliphatic carbocycles. The Morgan fingerprint density at radius 2 is 2.23 bits per heavy atom. The van der Waals surface area contributed by atoms with Crippen molar-refractivity contribution in [2.45, 2.75) is 6.42 Å². The molecule has 1 aromatic heterocycles. The van der Waals surface area contributed by atoms with E-state index >= 15 is 0 Å². The SMILES string of the molecule is C#CCc1cc2cc(Cl)ccc2[nH]1. The van der Waals surface area contributed by atoms with Crippen LogP contribution in [0, 0.1) is 12.3 Å². The second-order valence-corrected chi connectivity index (χ2v) is 3.34. The van der Waals surface area contributed by atoms with Crippen molar-refractivity contribution in [1.82, 2.24) is 4.98 Å². The maximum atomic E-state index is 5.85. The minimum Gasteiger partial charge on any atom is -0.358 e. The van der Waals surface area contributed by atoms with E-state index in [0.717, 1.165) is 21.6 Å². The van der Waals surface area contributed by atoms with Gasteiger partial charge in [0, 0.05) is 28.0 Å². The molecule has 13 heavy (non-hydrogen) atoms. The molecule has 64 valence electrons. The number of hydrogen-bond acceptors (Lipinski definition) is 0. The van der Waals surface area contributed by atoms with E-state index in [2.05, 4.69) is 10.9 Å². The number of terminal acetylenes is 1. The van der Waals surface area contributed by atoms with Crippen molar-refractivity contribution in [1.29, 1.82) is 0 Å². The van der Waals surface area contributed by atoms with Gasteiger partial charge in [0.15, 0.2) is 0 Å². The Kier molecular flexibility index (Phi) is 2.00. The van der Waals surface area contributed by atoms with Crippen LogP contribution in [0.3, 0.4) is 0 Å². The molecule has 1 N–H and O–H groups in total. The van der Waals surface area contributed by atoms with Crippen molar-refractivity contribution in [2.24, 2.45) is 0 Å². The van der Waals surface area contributed by atoms with Gasteiger partial charge in [-0.15, -0.1) is 12.3 Å². The van der Waals surface area contributed by atoms with Gasteiger partial charge in [-0.3, -0.25) is 0 Å². The number of nitrogens with one attached hydrogen (secondary N) is 1. The smallest absolute Gasteiger partial charge is 0.0489 e. The highest BCUT2D eigenvalue weighted by atomic mass is 35.5. The van der Waals surface area contributed by atoms with Crippen LogP contribution in [-0.2, 0) is 6.42 Å². The van der Waals surface area contributed by atoms with Crippen LogP contribution in [0.1, 0.15) is 5.69 Å². The summed E-state index contributed by atoms with van der Waals surface area (Å²) in [6, 6.07) is 7.77. The first-order valence-corrected chi connectivity index (χ1v) is 4.38. The molecule has 0 bridgehead atoms. The number of benzene rings is 1. The highest BCUT2D eigenvalue weighted by molar-refractivity contribution is 6.31. The minimum absolute atomic E-state index is 0.631. The summed E-state index contributed by atoms with van der Waals surface area (Å²) in [6.07, 6.45) is 5.85. The summed E-state index contributed by atoms with van der Waals surface area (Å²) in [5.41, 5.74) is 2.13. The lowest BCUT2D eigenvalue weighted by molar-refractivity contribution is 1.20. The lowest BCUT2D eigenvalue weighted by atomic mass is 10.2. The van der Waals surface area contributed by atoms with Gasteiger partial charge < -0.3 is 4.98 Å². The molecule has 0 unspecified atom stereocenters. The van der Waals surface area contributed by atoms with Crippen molar-refractivity contribution in [3.8, 4) is 12.3 Å². The molecule has 0 saturated heterocycles. The average molecular weight is 190 g/mol. The van der Waals surface area contributed by atoms with E-state index in [1.165, 1.54) is 0 Å². The second-order valence-electron chi connectivity index (χ2n) is 2.91. The Balaban J connectivity index is 2.57. The third-order valence-electron chi connectivity index (χ3n) is 1.93. The first-order valence-electron chi connectivity index (χ1n) is 4.00. The molecule has 0 aliphatic heterocycles. The predicted octanol–water partition coefficient (Wildman–Crippen LogP) is 3.00. The number of aromatic nitrogens is 1. The number of H-pyrrole nitrogens is 1. The van der Waals surface area contributed by atoms with Crippen molar-refractivity contribution in [3.05, 3.63) is 35.0 Å². The predicted molar refractivity (Wildman–Crippen MR) is 55.8 cm³/mol. The van der Waals surface area contributed by atoms with E-state index < -0.39 is 0 Å². The number of fused-ring (bicyclic) bond motifs is 1. The zero-order valence-electron chi connectivity index (χ0n) is 6.97. The third kappa shape index (κ3) is 1.54. The van der Waals surface area contributed by atoms with Gasteiger partial charge in [0.25, 0.3) is 0 Å². The van der Waals surface area contributed by atoms with Gasteiger partial charge in [-0.1, -0.05) is 11.6 Å². The lowest BCUT2D eigenvalue weighted by Gasteiger charge is -1.88. The van der Waals surface area contributed by atoms with Crippen LogP contribution in [0.2, 0.25) is 5.02 Å². The second kappa shape index (κ2) is 3.16. The summed E-state index contributed by atoms with van der Waals surface area (Å²) in [5, 5.41) is 1.86. The molecule has 0 radical (unpaired) electrons. The topological polar surface area (TPSA) is 15.8 Å². The van der Waals surface area contributed by atoms with Gasteiger partial charge in [-0.05, 0) is 24.3 Å². The molecule has 0 amide bonds. The van der Waals surface area contributed by atoms with Crippen molar-refractivity contribution in [2.75, 3.05) is 0 Å². The standard InChI is InChI=1S/C11H8ClN/c1-2-3-10-7-8-6-9(12)4-5-11(8)13-10/h1,4-7,13H,3H2. The van der Waals surface area contributed by atoms with Gasteiger partial charge >= 0.3 is 0 Å². The molecule has 0 fully saturated rings.